The molecule has 0 bridgehead atoms. The molecule has 190 valence electrons. The Morgan fingerprint density at radius 3 is 2.72 bits per heavy atom. The maximum absolute atomic E-state index is 5.59. The van der Waals surface area contributed by atoms with E-state index in [1.807, 2.05) is 4.52 Å². The van der Waals surface area contributed by atoms with Crippen LogP contribution in [0.15, 0.2) is 24.7 Å². The normalized spacial score (nSPS) is 21.8. The highest BCUT2D eigenvalue weighted by Gasteiger charge is 2.34. The van der Waals surface area contributed by atoms with Gasteiger partial charge in [0.25, 0.3) is 0 Å². The first-order valence-corrected chi connectivity index (χ1v) is 13.3. The molecule has 36 heavy (non-hydrogen) atoms. The van der Waals surface area contributed by atoms with Crippen molar-refractivity contribution in [3.63, 3.8) is 0 Å². The van der Waals surface area contributed by atoms with Gasteiger partial charge in [-0.1, -0.05) is 13.8 Å². The summed E-state index contributed by atoms with van der Waals surface area (Å²) in [5, 5.41) is 8.18. The number of aryl methyl sites for hydroxylation is 1. The first-order chi connectivity index (χ1) is 17.4. The van der Waals surface area contributed by atoms with Crippen LogP contribution in [0, 0.1) is 13.8 Å². The standard InChI is InChI=1S/C28H37N7O/c1-16(2)25-26(22-14-35-28(29-15-30-35)19(5)18(22)4)32-23-6-7-24(33-27(23)25)31-20-12-17(3)34(13-20)21-8-10-36-11-9-21/h6-7,14-17,20-21,32H,8-13H2,1-5H3,(H,31,33)/t17-,20+/m0/s1. The highest BCUT2D eigenvalue weighted by molar-refractivity contribution is 5.90. The van der Waals surface area contributed by atoms with Gasteiger partial charge >= 0.3 is 0 Å². The Balaban J connectivity index is 1.33. The Bertz CT molecular complexity index is 1400. The van der Waals surface area contributed by atoms with Crippen molar-refractivity contribution >= 4 is 22.5 Å². The zero-order valence-electron chi connectivity index (χ0n) is 22.0. The predicted molar refractivity (Wildman–Crippen MR) is 144 cm³/mol. The van der Waals surface area contributed by atoms with Crippen molar-refractivity contribution in [2.45, 2.75) is 77.9 Å². The van der Waals surface area contributed by atoms with E-state index in [2.05, 4.69) is 78.2 Å². The molecule has 0 aliphatic carbocycles. The number of fused-ring (bicyclic) bond motifs is 2. The van der Waals surface area contributed by atoms with Crippen LogP contribution in [0.5, 0.6) is 0 Å². The van der Waals surface area contributed by atoms with Gasteiger partial charge in [-0.15, -0.1) is 0 Å². The lowest BCUT2D eigenvalue weighted by atomic mass is 9.95. The van der Waals surface area contributed by atoms with Crippen LogP contribution in [0.4, 0.5) is 5.82 Å². The highest BCUT2D eigenvalue weighted by Crippen LogP contribution is 2.38. The smallest absolute Gasteiger partial charge is 0.158 e. The molecule has 2 fully saturated rings. The predicted octanol–water partition coefficient (Wildman–Crippen LogP) is 5.07. The number of pyridine rings is 2. The molecule has 6 heterocycles. The lowest BCUT2D eigenvalue weighted by Gasteiger charge is -2.34. The number of H-pyrrole nitrogens is 1. The highest BCUT2D eigenvalue weighted by atomic mass is 16.5. The lowest BCUT2D eigenvalue weighted by Crippen LogP contribution is -2.42. The van der Waals surface area contributed by atoms with Gasteiger partial charge in [0.15, 0.2) is 5.65 Å². The monoisotopic (exact) mass is 487 g/mol. The molecule has 6 rings (SSSR count). The maximum atomic E-state index is 5.59. The molecule has 2 saturated heterocycles. The fourth-order valence-corrected chi connectivity index (χ4v) is 6.29. The number of aromatic amines is 1. The number of anilines is 1. The number of hydrogen-bond acceptors (Lipinski definition) is 6. The van der Waals surface area contributed by atoms with Gasteiger partial charge in [-0.25, -0.2) is 14.5 Å². The van der Waals surface area contributed by atoms with E-state index in [0.717, 1.165) is 78.3 Å². The van der Waals surface area contributed by atoms with Gasteiger partial charge in [-0.3, -0.25) is 4.90 Å². The van der Waals surface area contributed by atoms with E-state index in [1.54, 1.807) is 6.33 Å². The minimum Gasteiger partial charge on any atom is -0.381 e. The van der Waals surface area contributed by atoms with Crippen LogP contribution in [0.25, 0.3) is 27.9 Å². The third-order valence-corrected chi connectivity index (χ3v) is 8.29. The summed E-state index contributed by atoms with van der Waals surface area (Å²) in [6.45, 7) is 14.0. The van der Waals surface area contributed by atoms with E-state index in [1.165, 1.54) is 11.1 Å². The van der Waals surface area contributed by atoms with E-state index in [0.29, 0.717) is 24.0 Å². The molecule has 0 amide bonds. The van der Waals surface area contributed by atoms with Crippen molar-refractivity contribution < 1.29 is 4.74 Å². The Labute approximate surface area is 212 Å². The number of likely N-dealkylation sites (tertiary alicyclic amines) is 1. The summed E-state index contributed by atoms with van der Waals surface area (Å²) in [6.07, 6.45) is 7.13. The van der Waals surface area contributed by atoms with Gasteiger partial charge < -0.3 is 15.0 Å². The molecule has 0 saturated carbocycles. The minimum absolute atomic E-state index is 0.318. The number of ether oxygens (including phenoxy) is 1. The molecule has 2 N–H and O–H groups in total. The van der Waals surface area contributed by atoms with Gasteiger partial charge in [-0.05, 0) is 69.2 Å². The number of hydrogen-bond donors (Lipinski definition) is 2. The summed E-state index contributed by atoms with van der Waals surface area (Å²) in [7, 11) is 0. The Kier molecular flexibility index (Phi) is 5.96. The summed E-state index contributed by atoms with van der Waals surface area (Å²) >= 11 is 0. The lowest BCUT2D eigenvalue weighted by molar-refractivity contribution is 0.0316. The third kappa shape index (κ3) is 3.96. The quantitative estimate of drug-likeness (QED) is 0.409. The molecule has 0 radical (unpaired) electrons. The maximum Gasteiger partial charge on any atom is 0.158 e. The molecule has 2 atom stereocenters. The molecule has 0 spiro atoms. The van der Waals surface area contributed by atoms with E-state index in [4.69, 9.17) is 9.72 Å². The van der Waals surface area contributed by atoms with Gasteiger partial charge in [0.05, 0.1) is 16.7 Å². The molecule has 2 aliphatic rings. The van der Waals surface area contributed by atoms with E-state index >= 15 is 0 Å². The molecule has 8 nitrogen and oxygen atoms in total. The first-order valence-electron chi connectivity index (χ1n) is 13.3. The van der Waals surface area contributed by atoms with Gasteiger partial charge in [0.2, 0.25) is 0 Å². The van der Waals surface area contributed by atoms with Crippen molar-refractivity contribution in [1.82, 2.24) is 29.5 Å². The molecule has 4 aromatic rings. The second kappa shape index (κ2) is 9.16. The van der Waals surface area contributed by atoms with E-state index < -0.39 is 0 Å². The number of nitrogens with one attached hydrogen (secondary N) is 2. The molecule has 4 aromatic heterocycles. The Morgan fingerprint density at radius 1 is 1.14 bits per heavy atom. The van der Waals surface area contributed by atoms with Crippen LogP contribution in [-0.2, 0) is 4.74 Å². The number of rotatable bonds is 5. The molecule has 0 unspecified atom stereocenters. The molecular weight excluding hydrogens is 450 g/mol. The van der Waals surface area contributed by atoms with Crippen molar-refractivity contribution in [2.24, 2.45) is 0 Å². The molecule has 2 aliphatic heterocycles. The second-order valence-corrected chi connectivity index (χ2v) is 10.9. The fraction of sp³-hybridized carbons (Fsp3) is 0.536. The fourth-order valence-electron chi connectivity index (χ4n) is 6.29. The van der Waals surface area contributed by atoms with Crippen LogP contribution >= 0.6 is 0 Å². The van der Waals surface area contributed by atoms with Crippen molar-refractivity contribution in [1.29, 1.82) is 0 Å². The van der Waals surface area contributed by atoms with E-state index in [-0.39, 0.29) is 0 Å². The van der Waals surface area contributed by atoms with Crippen LogP contribution in [-0.4, -0.2) is 67.3 Å². The first kappa shape index (κ1) is 23.4. The summed E-state index contributed by atoms with van der Waals surface area (Å²) in [6, 6.07) is 5.92. The molecule has 8 heteroatoms. The zero-order valence-corrected chi connectivity index (χ0v) is 22.0. The van der Waals surface area contributed by atoms with Crippen LogP contribution in [0.1, 0.15) is 62.6 Å². The van der Waals surface area contributed by atoms with Gasteiger partial charge in [-0.2, -0.15) is 5.10 Å². The average molecular weight is 488 g/mol. The summed E-state index contributed by atoms with van der Waals surface area (Å²) < 4.78 is 7.46. The van der Waals surface area contributed by atoms with Crippen molar-refractivity contribution in [2.75, 3.05) is 25.1 Å². The number of nitrogens with zero attached hydrogens (tertiary/aromatic N) is 5. The average Bonchev–Trinajstić information content (AvgIpc) is 3.58. The van der Waals surface area contributed by atoms with Crippen LogP contribution < -0.4 is 5.32 Å². The summed E-state index contributed by atoms with van der Waals surface area (Å²) in [5.41, 5.74) is 8.92. The third-order valence-electron chi connectivity index (χ3n) is 8.29. The van der Waals surface area contributed by atoms with Crippen LogP contribution in [0.3, 0.4) is 0 Å². The van der Waals surface area contributed by atoms with E-state index in [9.17, 15) is 0 Å². The molecule has 0 aromatic carbocycles. The number of aromatic nitrogens is 5. The Morgan fingerprint density at radius 2 is 1.94 bits per heavy atom. The minimum atomic E-state index is 0.318. The summed E-state index contributed by atoms with van der Waals surface area (Å²) in [4.78, 5) is 16.0. The summed E-state index contributed by atoms with van der Waals surface area (Å²) in [5.74, 6) is 1.28. The largest absolute Gasteiger partial charge is 0.381 e. The SMILES string of the molecule is Cc1c(-c2[nH]c3ccc(N[C@@H]4C[C@H](C)N(C5CCOCC5)C4)nc3c2C(C)C)cn2ncnc2c1C. The second-order valence-electron chi connectivity index (χ2n) is 10.9. The topological polar surface area (TPSA) is 83.4 Å². The van der Waals surface area contributed by atoms with Crippen LogP contribution in [0.2, 0.25) is 0 Å². The van der Waals surface area contributed by atoms with Crippen molar-refractivity contribution in [3.05, 3.63) is 41.3 Å². The van der Waals surface area contributed by atoms with Crippen molar-refractivity contribution in [3.8, 4) is 11.3 Å². The Hall–Kier alpha value is -2.97. The van der Waals surface area contributed by atoms with Gasteiger partial charge in [0.1, 0.15) is 12.1 Å². The van der Waals surface area contributed by atoms with Gasteiger partial charge in [0, 0.05) is 55.2 Å². The zero-order chi connectivity index (χ0) is 25.0. The molecular formula is C28H37N7O.